The fraction of sp³-hybridized carbons (Fsp3) is 0.185. The molecular weight excluding hydrogens is 496 g/mol. The molecule has 36 heavy (non-hydrogen) atoms. The highest BCUT2D eigenvalue weighted by molar-refractivity contribution is 8.00. The van der Waals surface area contributed by atoms with E-state index >= 15 is 0 Å². The number of hydrogen-bond acceptors (Lipinski definition) is 7. The third-order valence-electron chi connectivity index (χ3n) is 5.40. The molecule has 4 rings (SSSR count). The van der Waals surface area contributed by atoms with Gasteiger partial charge in [-0.05, 0) is 73.2 Å². The van der Waals surface area contributed by atoms with E-state index in [1.165, 1.54) is 11.8 Å². The van der Waals surface area contributed by atoms with Gasteiger partial charge in [-0.25, -0.2) is 4.98 Å². The Balaban J connectivity index is 1.65. The number of amides is 1. The summed E-state index contributed by atoms with van der Waals surface area (Å²) in [7, 11) is 3.25. The van der Waals surface area contributed by atoms with E-state index in [0.717, 1.165) is 22.6 Å². The second-order valence-corrected chi connectivity index (χ2v) is 9.37. The molecule has 1 amide bonds. The Labute approximate surface area is 219 Å². The van der Waals surface area contributed by atoms with Gasteiger partial charge in [0.05, 0.1) is 19.5 Å². The first-order chi connectivity index (χ1) is 17.5. The summed E-state index contributed by atoms with van der Waals surface area (Å²) < 4.78 is 10.6. The standard InChI is InChI=1S/C27H25ClN4O3S/c1-4-23(26(33)29-20-7-5-6-19(28)16-20)36-27-30-24(17-8-12-21(34-2)13-9-17)25(31-32-27)18-10-14-22(35-3)15-11-18/h5-16,23H,4H2,1-3H3,(H,29,33)/t23-/m1/s1. The summed E-state index contributed by atoms with van der Waals surface area (Å²) in [6, 6.07) is 22.2. The molecule has 0 fully saturated rings. The molecule has 0 aliphatic carbocycles. The lowest BCUT2D eigenvalue weighted by Gasteiger charge is -2.15. The Morgan fingerprint density at radius 2 is 1.53 bits per heavy atom. The molecule has 1 N–H and O–H groups in total. The minimum Gasteiger partial charge on any atom is -0.497 e. The molecular formula is C27H25ClN4O3S. The van der Waals surface area contributed by atoms with E-state index in [0.29, 0.717) is 33.7 Å². The van der Waals surface area contributed by atoms with Gasteiger partial charge in [0.25, 0.3) is 0 Å². The van der Waals surface area contributed by atoms with Crippen LogP contribution in [0, 0.1) is 0 Å². The van der Waals surface area contributed by atoms with Crippen LogP contribution in [0.1, 0.15) is 13.3 Å². The number of aromatic nitrogens is 3. The van der Waals surface area contributed by atoms with Crippen LogP contribution in [0.25, 0.3) is 22.5 Å². The number of nitrogens with zero attached hydrogens (tertiary/aromatic N) is 3. The van der Waals surface area contributed by atoms with Gasteiger partial charge in [-0.15, -0.1) is 10.2 Å². The van der Waals surface area contributed by atoms with Crippen molar-refractivity contribution in [1.82, 2.24) is 15.2 Å². The van der Waals surface area contributed by atoms with Crippen LogP contribution in [0.2, 0.25) is 5.02 Å². The zero-order valence-corrected chi connectivity index (χ0v) is 21.6. The molecule has 7 nitrogen and oxygen atoms in total. The highest BCUT2D eigenvalue weighted by Crippen LogP contribution is 2.33. The number of methoxy groups -OCH3 is 2. The molecule has 0 aliphatic rings. The Hall–Kier alpha value is -3.62. The van der Waals surface area contributed by atoms with E-state index in [9.17, 15) is 4.79 Å². The largest absolute Gasteiger partial charge is 0.497 e. The number of benzene rings is 3. The van der Waals surface area contributed by atoms with Crippen LogP contribution in [0.4, 0.5) is 5.69 Å². The molecule has 0 unspecified atom stereocenters. The maximum atomic E-state index is 13.0. The summed E-state index contributed by atoms with van der Waals surface area (Å²) in [5.74, 6) is 1.33. The number of thioether (sulfide) groups is 1. The molecule has 3 aromatic carbocycles. The first kappa shape index (κ1) is 25.5. The van der Waals surface area contributed by atoms with Gasteiger partial charge in [0.1, 0.15) is 22.9 Å². The van der Waals surface area contributed by atoms with Crippen LogP contribution in [-0.2, 0) is 4.79 Å². The molecule has 184 valence electrons. The molecule has 9 heteroatoms. The van der Waals surface area contributed by atoms with Crippen molar-refractivity contribution >= 4 is 35.0 Å². The Bertz CT molecular complexity index is 1330. The van der Waals surface area contributed by atoms with Crippen LogP contribution in [0.15, 0.2) is 78.0 Å². The van der Waals surface area contributed by atoms with Gasteiger partial charge >= 0.3 is 0 Å². The number of halogens is 1. The molecule has 0 spiro atoms. The highest BCUT2D eigenvalue weighted by Gasteiger charge is 2.22. The molecule has 0 bridgehead atoms. The van der Waals surface area contributed by atoms with E-state index in [4.69, 9.17) is 26.1 Å². The molecule has 0 saturated carbocycles. The van der Waals surface area contributed by atoms with Crippen LogP contribution < -0.4 is 14.8 Å². The lowest BCUT2D eigenvalue weighted by atomic mass is 10.0. The number of hydrogen-bond donors (Lipinski definition) is 1. The zero-order valence-electron chi connectivity index (χ0n) is 20.1. The summed E-state index contributed by atoms with van der Waals surface area (Å²) >= 11 is 7.32. The summed E-state index contributed by atoms with van der Waals surface area (Å²) in [6.07, 6.45) is 0.582. The number of nitrogens with one attached hydrogen (secondary N) is 1. The molecule has 0 radical (unpaired) electrons. The maximum absolute atomic E-state index is 13.0. The van der Waals surface area contributed by atoms with Crippen LogP contribution in [0.5, 0.6) is 11.5 Å². The van der Waals surface area contributed by atoms with Crippen LogP contribution in [0.3, 0.4) is 0 Å². The van der Waals surface area contributed by atoms with Crippen LogP contribution >= 0.6 is 23.4 Å². The first-order valence-corrected chi connectivity index (χ1v) is 12.5. The molecule has 1 aromatic heterocycles. The van der Waals surface area contributed by atoms with Gasteiger partial charge in [-0.3, -0.25) is 4.79 Å². The maximum Gasteiger partial charge on any atom is 0.237 e. The van der Waals surface area contributed by atoms with Gasteiger partial charge in [0.15, 0.2) is 0 Å². The Morgan fingerprint density at radius 1 is 0.917 bits per heavy atom. The first-order valence-electron chi connectivity index (χ1n) is 11.3. The van der Waals surface area contributed by atoms with Crippen molar-refractivity contribution in [2.24, 2.45) is 0 Å². The molecule has 0 aliphatic heterocycles. The van der Waals surface area contributed by atoms with Crippen molar-refractivity contribution in [2.45, 2.75) is 23.8 Å². The fourth-order valence-electron chi connectivity index (χ4n) is 3.49. The average molecular weight is 521 g/mol. The summed E-state index contributed by atoms with van der Waals surface area (Å²) in [5, 5.41) is 12.3. The van der Waals surface area contributed by atoms with Crippen LogP contribution in [-0.4, -0.2) is 40.6 Å². The second-order valence-electron chi connectivity index (χ2n) is 7.76. The van der Waals surface area contributed by atoms with Crippen molar-refractivity contribution < 1.29 is 14.3 Å². The Kier molecular flexibility index (Phi) is 8.40. The second kappa shape index (κ2) is 11.9. The van der Waals surface area contributed by atoms with Crippen molar-refractivity contribution in [3.63, 3.8) is 0 Å². The van der Waals surface area contributed by atoms with Gasteiger partial charge in [0.2, 0.25) is 11.1 Å². The van der Waals surface area contributed by atoms with Gasteiger partial charge < -0.3 is 14.8 Å². The zero-order chi connectivity index (χ0) is 25.5. The minimum atomic E-state index is -0.415. The third kappa shape index (κ3) is 6.13. The van der Waals surface area contributed by atoms with Crippen molar-refractivity contribution in [3.8, 4) is 34.0 Å². The minimum absolute atomic E-state index is 0.154. The molecule has 0 saturated heterocycles. The molecule has 1 atom stereocenters. The van der Waals surface area contributed by atoms with E-state index in [-0.39, 0.29) is 5.91 Å². The van der Waals surface area contributed by atoms with Crippen molar-refractivity contribution in [3.05, 3.63) is 77.8 Å². The van der Waals surface area contributed by atoms with E-state index in [2.05, 4.69) is 15.5 Å². The van der Waals surface area contributed by atoms with Crippen molar-refractivity contribution in [1.29, 1.82) is 0 Å². The number of anilines is 1. The van der Waals surface area contributed by atoms with E-state index in [1.54, 1.807) is 38.5 Å². The molecule has 1 heterocycles. The normalized spacial score (nSPS) is 11.6. The lowest BCUT2D eigenvalue weighted by Crippen LogP contribution is -2.25. The van der Waals surface area contributed by atoms with E-state index < -0.39 is 5.25 Å². The average Bonchev–Trinajstić information content (AvgIpc) is 2.91. The monoisotopic (exact) mass is 520 g/mol. The quantitative estimate of drug-likeness (QED) is 0.256. The Morgan fingerprint density at radius 3 is 2.08 bits per heavy atom. The number of rotatable bonds is 9. The van der Waals surface area contributed by atoms with Crippen molar-refractivity contribution in [2.75, 3.05) is 19.5 Å². The lowest BCUT2D eigenvalue weighted by molar-refractivity contribution is -0.115. The summed E-state index contributed by atoms with van der Waals surface area (Å²) in [4.78, 5) is 17.8. The predicted molar refractivity (Wildman–Crippen MR) is 144 cm³/mol. The SMILES string of the molecule is CC[C@@H](Sc1nnc(-c2ccc(OC)cc2)c(-c2ccc(OC)cc2)n1)C(=O)Nc1cccc(Cl)c1. The topological polar surface area (TPSA) is 86.2 Å². The van der Waals surface area contributed by atoms with Gasteiger partial charge in [-0.2, -0.15) is 0 Å². The summed E-state index contributed by atoms with van der Waals surface area (Å²) in [6.45, 7) is 1.94. The summed E-state index contributed by atoms with van der Waals surface area (Å²) in [5.41, 5.74) is 3.63. The third-order valence-corrected chi connectivity index (χ3v) is 6.85. The van der Waals surface area contributed by atoms with E-state index in [1.807, 2.05) is 55.5 Å². The van der Waals surface area contributed by atoms with Gasteiger partial charge in [0, 0.05) is 21.8 Å². The predicted octanol–water partition coefficient (Wildman–Crippen LogP) is 6.39. The number of carbonyl (C=O) groups excluding carboxylic acids is 1. The van der Waals surface area contributed by atoms with Gasteiger partial charge in [-0.1, -0.05) is 36.4 Å². The smallest absolute Gasteiger partial charge is 0.237 e. The highest BCUT2D eigenvalue weighted by atomic mass is 35.5. The number of carbonyl (C=O) groups is 1. The molecule has 4 aromatic rings. The number of ether oxygens (including phenoxy) is 2. The fourth-order valence-corrected chi connectivity index (χ4v) is 4.50.